The molecule has 1 aromatic carbocycles. The Bertz CT molecular complexity index is 433. The summed E-state index contributed by atoms with van der Waals surface area (Å²) < 4.78 is 0. The lowest BCUT2D eigenvalue weighted by atomic mass is 9.89. The van der Waals surface area contributed by atoms with Gasteiger partial charge >= 0.3 is 0 Å². The van der Waals surface area contributed by atoms with Gasteiger partial charge in [-0.3, -0.25) is 9.59 Å². The minimum Gasteiger partial charge on any atom is -0.306 e. The molecule has 0 unspecified atom stereocenters. The van der Waals surface area contributed by atoms with E-state index in [2.05, 4.69) is 11.9 Å². The van der Waals surface area contributed by atoms with Crippen LogP contribution in [0.5, 0.6) is 0 Å². The van der Waals surface area contributed by atoms with Gasteiger partial charge in [-0.15, -0.1) is 0 Å². The molecule has 0 bridgehead atoms. The molecule has 0 aromatic heterocycles. The van der Waals surface area contributed by atoms with Crippen LogP contribution >= 0.6 is 0 Å². The lowest BCUT2D eigenvalue weighted by Gasteiger charge is -2.27. The van der Waals surface area contributed by atoms with Crippen molar-refractivity contribution in [3.8, 4) is 0 Å². The monoisotopic (exact) mass is 259 g/mol. The SMILES string of the molecule is CN1CCC(C(=O)CC(=O)Cc2ccccc2)CC1. The van der Waals surface area contributed by atoms with Crippen molar-refractivity contribution in [2.24, 2.45) is 5.92 Å². The van der Waals surface area contributed by atoms with Crippen molar-refractivity contribution in [1.82, 2.24) is 4.90 Å². The summed E-state index contributed by atoms with van der Waals surface area (Å²) in [6.45, 7) is 1.92. The molecule has 0 aliphatic carbocycles. The molecular weight excluding hydrogens is 238 g/mol. The van der Waals surface area contributed by atoms with E-state index in [0.717, 1.165) is 31.5 Å². The molecule has 0 saturated carbocycles. The molecule has 1 heterocycles. The minimum atomic E-state index is 0.0372. The first-order chi connectivity index (χ1) is 9.15. The first-order valence-electron chi connectivity index (χ1n) is 6.92. The van der Waals surface area contributed by atoms with Gasteiger partial charge in [0.15, 0.2) is 0 Å². The van der Waals surface area contributed by atoms with Crippen LogP contribution in [0.25, 0.3) is 0 Å². The van der Waals surface area contributed by atoms with Crippen LogP contribution in [0.15, 0.2) is 30.3 Å². The summed E-state index contributed by atoms with van der Waals surface area (Å²) >= 11 is 0. The Kier molecular flexibility index (Phi) is 4.86. The quantitative estimate of drug-likeness (QED) is 0.760. The second-order valence-corrected chi connectivity index (χ2v) is 5.42. The summed E-state index contributed by atoms with van der Waals surface area (Å²) in [5.74, 6) is 0.264. The van der Waals surface area contributed by atoms with Gasteiger partial charge in [-0.05, 0) is 38.5 Å². The molecule has 1 aliphatic rings. The lowest BCUT2D eigenvalue weighted by Crippen LogP contribution is -2.34. The zero-order valence-corrected chi connectivity index (χ0v) is 11.5. The summed E-state index contributed by atoms with van der Waals surface area (Å²) in [7, 11) is 2.07. The fraction of sp³-hybridized carbons (Fsp3) is 0.500. The fourth-order valence-corrected chi connectivity index (χ4v) is 2.56. The first kappa shape index (κ1) is 13.9. The van der Waals surface area contributed by atoms with Gasteiger partial charge in [-0.2, -0.15) is 0 Å². The predicted molar refractivity (Wildman–Crippen MR) is 75.0 cm³/mol. The molecule has 102 valence electrons. The van der Waals surface area contributed by atoms with Gasteiger partial charge in [0.1, 0.15) is 11.6 Å². The third kappa shape index (κ3) is 4.28. The third-order valence-electron chi connectivity index (χ3n) is 3.79. The maximum absolute atomic E-state index is 12.1. The highest BCUT2D eigenvalue weighted by molar-refractivity contribution is 6.00. The number of likely N-dealkylation sites (tertiary alicyclic amines) is 1. The van der Waals surface area contributed by atoms with Gasteiger partial charge < -0.3 is 4.90 Å². The fourth-order valence-electron chi connectivity index (χ4n) is 2.56. The minimum absolute atomic E-state index is 0.0372. The van der Waals surface area contributed by atoms with Crippen molar-refractivity contribution in [2.75, 3.05) is 20.1 Å². The molecule has 3 heteroatoms. The van der Waals surface area contributed by atoms with Gasteiger partial charge in [0.05, 0.1) is 6.42 Å². The average Bonchev–Trinajstić information content (AvgIpc) is 2.40. The van der Waals surface area contributed by atoms with Crippen LogP contribution in [0.1, 0.15) is 24.8 Å². The van der Waals surface area contributed by atoms with Gasteiger partial charge in [0, 0.05) is 12.3 Å². The molecule has 1 fully saturated rings. The molecule has 2 rings (SSSR count). The predicted octanol–water partition coefficient (Wildman–Crippen LogP) is 2.10. The summed E-state index contributed by atoms with van der Waals surface area (Å²) in [6.07, 6.45) is 2.27. The molecule has 1 saturated heterocycles. The number of piperidine rings is 1. The Balaban J connectivity index is 1.80. The van der Waals surface area contributed by atoms with Crippen LogP contribution < -0.4 is 0 Å². The van der Waals surface area contributed by atoms with E-state index in [-0.39, 0.29) is 23.9 Å². The third-order valence-corrected chi connectivity index (χ3v) is 3.79. The van der Waals surface area contributed by atoms with Crippen molar-refractivity contribution in [3.63, 3.8) is 0 Å². The second-order valence-electron chi connectivity index (χ2n) is 5.42. The van der Waals surface area contributed by atoms with Gasteiger partial charge in [-0.1, -0.05) is 30.3 Å². The lowest BCUT2D eigenvalue weighted by molar-refractivity contribution is -0.129. The number of ketones is 2. The number of hydrogen-bond acceptors (Lipinski definition) is 3. The van der Waals surface area contributed by atoms with Crippen molar-refractivity contribution in [1.29, 1.82) is 0 Å². The number of carbonyl (C=O) groups is 2. The highest BCUT2D eigenvalue weighted by atomic mass is 16.1. The van der Waals surface area contributed by atoms with Crippen LogP contribution in [0.4, 0.5) is 0 Å². The van der Waals surface area contributed by atoms with Crippen LogP contribution in [0.2, 0.25) is 0 Å². The highest BCUT2D eigenvalue weighted by Crippen LogP contribution is 2.18. The van der Waals surface area contributed by atoms with E-state index in [1.165, 1.54) is 0 Å². The number of benzene rings is 1. The Morgan fingerprint density at radius 1 is 1.16 bits per heavy atom. The smallest absolute Gasteiger partial charge is 0.144 e. The summed E-state index contributed by atoms with van der Waals surface area (Å²) in [5.41, 5.74) is 0.990. The standard InChI is InChI=1S/C16H21NO2/c1-17-9-7-14(8-10-17)16(19)12-15(18)11-13-5-3-2-4-6-13/h2-6,14H,7-12H2,1H3. The highest BCUT2D eigenvalue weighted by Gasteiger charge is 2.24. The zero-order chi connectivity index (χ0) is 13.7. The van der Waals surface area contributed by atoms with E-state index in [4.69, 9.17) is 0 Å². The summed E-state index contributed by atoms with van der Waals surface area (Å²) in [5, 5.41) is 0. The van der Waals surface area contributed by atoms with Crippen LogP contribution in [0.3, 0.4) is 0 Å². The van der Waals surface area contributed by atoms with E-state index in [0.29, 0.717) is 6.42 Å². The second kappa shape index (κ2) is 6.62. The molecular formula is C16H21NO2. The molecule has 0 radical (unpaired) electrons. The van der Waals surface area contributed by atoms with Gasteiger partial charge in [0.2, 0.25) is 0 Å². The number of rotatable bonds is 5. The Labute approximate surface area is 114 Å². The van der Waals surface area contributed by atoms with Crippen molar-refractivity contribution >= 4 is 11.6 Å². The van der Waals surface area contributed by atoms with E-state index in [1.54, 1.807) is 0 Å². The molecule has 3 nitrogen and oxygen atoms in total. The van der Waals surface area contributed by atoms with Crippen LogP contribution in [0, 0.1) is 5.92 Å². The molecule has 0 N–H and O–H groups in total. The normalized spacial score (nSPS) is 17.3. The largest absolute Gasteiger partial charge is 0.306 e. The Morgan fingerprint density at radius 2 is 1.79 bits per heavy atom. The maximum atomic E-state index is 12.1. The van der Waals surface area contributed by atoms with Crippen LogP contribution in [-0.2, 0) is 16.0 Å². The average molecular weight is 259 g/mol. The number of nitrogens with zero attached hydrogens (tertiary/aromatic N) is 1. The van der Waals surface area contributed by atoms with Crippen molar-refractivity contribution < 1.29 is 9.59 Å². The summed E-state index contributed by atoms with van der Waals surface area (Å²) in [6, 6.07) is 9.62. The number of hydrogen-bond donors (Lipinski definition) is 0. The molecule has 0 atom stereocenters. The molecule has 1 aliphatic heterocycles. The van der Waals surface area contributed by atoms with E-state index >= 15 is 0 Å². The molecule has 1 aromatic rings. The molecule has 0 spiro atoms. The van der Waals surface area contributed by atoms with E-state index in [9.17, 15) is 9.59 Å². The Hall–Kier alpha value is -1.48. The van der Waals surface area contributed by atoms with Crippen LogP contribution in [-0.4, -0.2) is 36.6 Å². The molecule has 0 amide bonds. The first-order valence-corrected chi connectivity index (χ1v) is 6.92. The van der Waals surface area contributed by atoms with E-state index < -0.39 is 0 Å². The van der Waals surface area contributed by atoms with Gasteiger partial charge in [-0.25, -0.2) is 0 Å². The van der Waals surface area contributed by atoms with E-state index in [1.807, 2.05) is 30.3 Å². The van der Waals surface area contributed by atoms with Crippen molar-refractivity contribution in [2.45, 2.75) is 25.7 Å². The number of Topliss-reactive ketones (excluding diaryl/α,β-unsaturated/α-hetero) is 2. The number of carbonyl (C=O) groups excluding carboxylic acids is 2. The molecule has 19 heavy (non-hydrogen) atoms. The Morgan fingerprint density at radius 3 is 2.42 bits per heavy atom. The zero-order valence-electron chi connectivity index (χ0n) is 11.5. The summed E-state index contributed by atoms with van der Waals surface area (Å²) in [4.78, 5) is 26.2. The topological polar surface area (TPSA) is 37.4 Å². The van der Waals surface area contributed by atoms with Crippen molar-refractivity contribution in [3.05, 3.63) is 35.9 Å². The van der Waals surface area contributed by atoms with Gasteiger partial charge in [0.25, 0.3) is 0 Å². The maximum Gasteiger partial charge on any atom is 0.144 e.